The minimum atomic E-state index is -0.455. The summed E-state index contributed by atoms with van der Waals surface area (Å²) in [7, 11) is 0. The van der Waals surface area contributed by atoms with E-state index in [1.807, 2.05) is 54.6 Å². The quantitative estimate of drug-likeness (QED) is 0.778. The Morgan fingerprint density at radius 2 is 1.92 bits per heavy atom. The molecular weight excluding hydrogens is 302 g/mol. The van der Waals surface area contributed by atoms with Gasteiger partial charge in [-0.2, -0.15) is 0 Å². The summed E-state index contributed by atoms with van der Waals surface area (Å²) in [5.41, 5.74) is 3.05. The maximum Gasteiger partial charge on any atom is 0.232 e. The number of rotatable bonds is 3. The highest BCUT2D eigenvalue weighted by Crippen LogP contribution is 2.34. The molecule has 5 heteroatoms. The van der Waals surface area contributed by atoms with Crippen LogP contribution in [0.3, 0.4) is 0 Å². The summed E-state index contributed by atoms with van der Waals surface area (Å²) >= 11 is 0. The first-order chi connectivity index (χ1) is 11.7. The molecule has 1 aliphatic rings. The molecule has 1 aromatic heterocycles. The normalized spacial score (nSPS) is 15.8. The minimum Gasteiger partial charge on any atom is -0.325 e. The molecule has 2 aromatic carbocycles. The predicted octanol–water partition coefficient (Wildman–Crippen LogP) is 3.30. The first-order valence-electron chi connectivity index (χ1n) is 7.76. The second-order valence-corrected chi connectivity index (χ2v) is 5.76. The highest BCUT2D eigenvalue weighted by atomic mass is 16.2. The van der Waals surface area contributed by atoms with Crippen molar-refractivity contribution in [2.45, 2.75) is 12.3 Å². The summed E-state index contributed by atoms with van der Waals surface area (Å²) in [5, 5.41) is 6.65. The van der Waals surface area contributed by atoms with Gasteiger partial charge in [-0.25, -0.2) is 0 Å². The number of fused-ring (bicyclic) bond motifs is 2. The van der Waals surface area contributed by atoms with Gasteiger partial charge in [-0.1, -0.05) is 36.4 Å². The Morgan fingerprint density at radius 1 is 1.08 bits per heavy atom. The van der Waals surface area contributed by atoms with Crippen LogP contribution in [-0.2, 0) is 9.59 Å². The van der Waals surface area contributed by atoms with Crippen LogP contribution in [0, 0.1) is 0 Å². The van der Waals surface area contributed by atoms with E-state index in [-0.39, 0.29) is 18.2 Å². The fourth-order valence-electron chi connectivity index (χ4n) is 3.07. The lowest BCUT2D eigenvalue weighted by molar-refractivity contribution is -0.122. The van der Waals surface area contributed by atoms with Gasteiger partial charge in [0.2, 0.25) is 11.8 Å². The number of benzene rings is 2. The zero-order valence-electron chi connectivity index (χ0n) is 12.8. The number of carbonyl (C=O) groups is 2. The Hall–Kier alpha value is -3.21. The number of anilines is 2. The number of hydrogen-bond donors (Lipinski definition) is 2. The van der Waals surface area contributed by atoms with E-state index in [0.717, 1.165) is 22.2 Å². The van der Waals surface area contributed by atoms with Crippen LogP contribution in [0.1, 0.15) is 17.9 Å². The third-order valence-corrected chi connectivity index (χ3v) is 4.21. The van der Waals surface area contributed by atoms with Crippen molar-refractivity contribution in [3.63, 3.8) is 0 Å². The van der Waals surface area contributed by atoms with E-state index < -0.39 is 5.92 Å². The van der Waals surface area contributed by atoms with Crippen LogP contribution in [0.4, 0.5) is 11.4 Å². The lowest BCUT2D eigenvalue weighted by Gasteiger charge is -2.11. The van der Waals surface area contributed by atoms with Crippen molar-refractivity contribution in [3.8, 4) is 0 Å². The number of nitrogens with one attached hydrogen (secondary N) is 2. The molecule has 4 rings (SSSR count). The molecule has 0 aliphatic carbocycles. The average Bonchev–Trinajstić information content (AvgIpc) is 2.91. The van der Waals surface area contributed by atoms with Crippen LogP contribution in [-0.4, -0.2) is 16.8 Å². The molecule has 0 saturated heterocycles. The number of hydrogen-bond acceptors (Lipinski definition) is 3. The van der Waals surface area contributed by atoms with Crippen molar-refractivity contribution in [2.75, 3.05) is 10.6 Å². The summed E-state index contributed by atoms with van der Waals surface area (Å²) in [6.45, 7) is 0. The zero-order chi connectivity index (χ0) is 16.5. The second-order valence-electron chi connectivity index (χ2n) is 5.76. The maximum atomic E-state index is 12.4. The topological polar surface area (TPSA) is 71.1 Å². The molecule has 3 aromatic rings. The molecule has 24 heavy (non-hydrogen) atoms. The van der Waals surface area contributed by atoms with Crippen LogP contribution in [0.25, 0.3) is 10.9 Å². The number of pyridine rings is 1. The molecule has 1 unspecified atom stereocenters. The van der Waals surface area contributed by atoms with Crippen LogP contribution in [0.15, 0.2) is 60.8 Å². The van der Waals surface area contributed by atoms with E-state index >= 15 is 0 Å². The van der Waals surface area contributed by atoms with E-state index in [1.54, 1.807) is 6.20 Å². The maximum absolute atomic E-state index is 12.4. The van der Waals surface area contributed by atoms with Gasteiger partial charge in [0.05, 0.1) is 17.1 Å². The molecule has 0 saturated carbocycles. The van der Waals surface area contributed by atoms with Gasteiger partial charge in [-0.3, -0.25) is 14.6 Å². The first-order valence-corrected chi connectivity index (χ1v) is 7.76. The van der Waals surface area contributed by atoms with Gasteiger partial charge < -0.3 is 10.6 Å². The highest BCUT2D eigenvalue weighted by molar-refractivity contribution is 6.07. The fourth-order valence-corrected chi connectivity index (χ4v) is 3.07. The van der Waals surface area contributed by atoms with Gasteiger partial charge in [0.1, 0.15) is 0 Å². The number of carbonyl (C=O) groups excluding carboxylic acids is 2. The summed E-state index contributed by atoms with van der Waals surface area (Å²) < 4.78 is 0. The van der Waals surface area contributed by atoms with Crippen molar-refractivity contribution < 1.29 is 9.59 Å². The molecule has 0 radical (unpaired) electrons. The standard InChI is InChI=1S/C19H15N3O2/c23-17(11-14-13-7-1-2-8-15(13)22-19(14)24)21-16-9-3-5-12-6-4-10-20-18(12)16/h1-10,14H,11H2,(H,21,23)(H,22,24). The summed E-state index contributed by atoms with van der Waals surface area (Å²) in [6, 6.07) is 16.9. The minimum absolute atomic E-state index is 0.103. The number of nitrogens with zero attached hydrogens (tertiary/aromatic N) is 1. The van der Waals surface area contributed by atoms with Gasteiger partial charge >= 0.3 is 0 Å². The summed E-state index contributed by atoms with van der Waals surface area (Å²) in [6.07, 6.45) is 1.80. The molecule has 118 valence electrons. The van der Waals surface area contributed by atoms with Crippen molar-refractivity contribution in [3.05, 3.63) is 66.4 Å². The molecule has 0 spiro atoms. The monoisotopic (exact) mass is 317 g/mol. The summed E-state index contributed by atoms with van der Waals surface area (Å²) in [4.78, 5) is 28.9. The van der Waals surface area contributed by atoms with E-state index in [0.29, 0.717) is 5.69 Å². The third-order valence-electron chi connectivity index (χ3n) is 4.21. The Labute approximate surface area is 138 Å². The fraction of sp³-hybridized carbons (Fsp3) is 0.105. The average molecular weight is 317 g/mol. The molecular formula is C19H15N3O2. The highest BCUT2D eigenvalue weighted by Gasteiger charge is 2.31. The molecule has 2 N–H and O–H groups in total. The van der Waals surface area contributed by atoms with Crippen LogP contribution >= 0.6 is 0 Å². The second kappa shape index (κ2) is 5.77. The largest absolute Gasteiger partial charge is 0.325 e. The Morgan fingerprint density at radius 3 is 2.83 bits per heavy atom. The Bertz CT molecular complexity index is 947. The Balaban J connectivity index is 1.56. The third kappa shape index (κ3) is 2.50. The molecule has 1 aliphatic heterocycles. The number of amides is 2. The van der Waals surface area contributed by atoms with Crippen molar-refractivity contribution in [2.24, 2.45) is 0 Å². The zero-order valence-corrected chi connectivity index (χ0v) is 12.8. The predicted molar refractivity (Wildman–Crippen MR) is 92.8 cm³/mol. The van der Waals surface area contributed by atoms with Gasteiger partial charge in [-0.15, -0.1) is 0 Å². The van der Waals surface area contributed by atoms with Gasteiger partial charge in [0.25, 0.3) is 0 Å². The van der Waals surface area contributed by atoms with Crippen molar-refractivity contribution >= 4 is 34.1 Å². The van der Waals surface area contributed by atoms with Crippen LogP contribution in [0.2, 0.25) is 0 Å². The number of para-hydroxylation sites is 2. The summed E-state index contributed by atoms with van der Waals surface area (Å²) in [5.74, 6) is -0.795. The van der Waals surface area contributed by atoms with Gasteiger partial charge in [0, 0.05) is 23.7 Å². The smallest absolute Gasteiger partial charge is 0.232 e. The molecule has 2 heterocycles. The molecule has 1 atom stereocenters. The van der Waals surface area contributed by atoms with Crippen molar-refractivity contribution in [1.29, 1.82) is 0 Å². The lowest BCUT2D eigenvalue weighted by Crippen LogP contribution is -2.20. The molecule has 5 nitrogen and oxygen atoms in total. The van der Waals surface area contributed by atoms with Crippen LogP contribution in [0.5, 0.6) is 0 Å². The van der Waals surface area contributed by atoms with E-state index in [2.05, 4.69) is 15.6 Å². The number of aromatic nitrogens is 1. The van der Waals surface area contributed by atoms with Gasteiger partial charge in [-0.05, 0) is 23.8 Å². The Kier molecular flexibility index (Phi) is 3.46. The first kappa shape index (κ1) is 14.4. The van der Waals surface area contributed by atoms with E-state index in [4.69, 9.17) is 0 Å². The van der Waals surface area contributed by atoms with Gasteiger partial charge in [0.15, 0.2) is 0 Å². The van der Waals surface area contributed by atoms with E-state index in [9.17, 15) is 9.59 Å². The van der Waals surface area contributed by atoms with E-state index in [1.165, 1.54) is 0 Å². The molecule has 0 fully saturated rings. The van der Waals surface area contributed by atoms with Crippen LogP contribution < -0.4 is 10.6 Å². The molecule has 0 bridgehead atoms. The van der Waals surface area contributed by atoms with Crippen molar-refractivity contribution in [1.82, 2.24) is 4.98 Å². The molecule has 2 amide bonds. The SMILES string of the molecule is O=C(CC1C(=O)Nc2ccccc21)Nc1cccc2cccnc12. The lowest BCUT2D eigenvalue weighted by atomic mass is 9.97.